The Labute approximate surface area is 131 Å². The van der Waals surface area contributed by atoms with Gasteiger partial charge in [-0.2, -0.15) is 0 Å². The number of carboxylic acid groups (broad SMARTS) is 1. The highest BCUT2D eigenvalue weighted by atomic mass is 16.5. The van der Waals surface area contributed by atoms with Gasteiger partial charge in [0.1, 0.15) is 11.3 Å². The van der Waals surface area contributed by atoms with Gasteiger partial charge in [-0.3, -0.25) is 9.59 Å². The van der Waals surface area contributed by atoms with E-state index in [1.54, 1.807) is 24.3 Å². The van der Waals surface area contributed by atoms with Crippen molar-refractivity contribution in [1.29, 1.82) is 0 Å². The summed E-state index contributed by atoms with van der Waals surface area (Å²) in [5, 5.41) is 20.2. The number of methoxy groups -OCH3 is 2. The fraction of sp³-hybridized carbons (Fsp3) is 0.188. The first-order chi connectivity index (χ1) is 10.9. The quantitative estimate of drug-likeness (QED) is 0.651. The van der Waals surface area contributed by atoms with Crippen LogP contribution < -0.4 is 0 Å². The molecule has 0 saturated carbocycles. The molecule has 7 heteroatoms. The number of carbonyl (C=O) groups excluding carboxylic acids is 2. The summed E-state index contributed by atoms with van der Waals surface area (Å²) in [4.78, 5) is 35.6. The van der Waals surface area contributed by atoms with Crippen LogP contribution in [0.2, 0.25) is 0 Å². The lowest BCUT2D eigenvalue weighted by Crippen LogP contribution is -2.26. The Bertz CT molecular complexity index is 778. The second kappa shape index (κ2) is 6.35. The minimum Gasteiger partial charge on any atom is -0.507 e. The number of fused-ring (bicyclic) bond motifs is 1. The van der Waals surface area contributed by atoms with Gasteiger partial charge in [0, 0.05) is 5.56 Å². The first-order valence-corrected chi connectivity index (χ1v) is 6.56. The van der Waals surface area contributed by atoms with Crippen LogP contribution in [0.25, 0.3) is 10.8 Å². The van der Waals surface area contributed by atoms with Gasteiger partial charge in [-0.15, -0.1) is 0 Å². The molecule has 120 valence electrons. The lowest BCUT2D eigenvalue weighted by atomic mass is 9.88. The highest BCUT2D eigenvalue weighted by Crippen LogP contribution is 2.36. The minimum atomic E-state index is -1.62. The van der Waals surface area contributed by atoms with Gasteiger partial charge in [-0.1, -0.05) is 24.3 Å². The number of esters is 2. The fourth-order valence-electron chi connectivity index (χ4n) is 2.45. The fourth-order valence-corrected chi connectivity index (χ4v) is 2.45. The number of phenols is 1. The standard InChI is InChI=1S/C16H14O7/c1-22-15(20)13(16(21)23-2)11-9-6-4-3-5-8(9)7-10(17)12(11)14(18)19/h3-7,13,17H,1-2H3,(H,18,19). The summed E-state index contributed by atoms with van der Waals surface area (Å²) in [7, 11) is 2.15. The molecule has 2 aromatic rings. The Morgan fingerprint density at radius 2 is 1.61 bits per heavy atom. The third-order valence-corrected chi connectivity index (χ3v) is 3.44. The summed E-state index contributed by atoms with van der Waals surface area (Å²) >= 11 is 0. The van der Waals surface area contributed by atoms with Crippen LogP contribution in [0.5, 0.6) is 5.75 Å². The monoisotopic (exact) mass is 318 g/mol. The van der Waals surface area contributed by atoms with Crippen LogP contribution in [0, 0.1) is 0 Å². The molecule has 0 aromatic heterocycles. The van der Waals surface area contributed by atoms with Gasteiger partial charge in [0.15, 0.2) is 5.92 Å². The van der Waals surface area contributed by atoms with Gasteiger partial charge in [-0.25, -0.2) is 4.79 Å². The number of carboxylic acids is 1. The molecular weight excluding hydrogens is 304 g/mol. The van der Waals surface area contributed by atoms with Crippen molar-refractivity contribution in [3.8, 4) is 5.75 Å². The van der Waals surface area contributed by atoms with Gasteiger partial charge in [0.2, 0.25) is 0 Å². The van der Waals surface area contributed by atoms with E-state index in [4.69, 9.17) is 0 Å². The van der Waals surface area contributed by atoms with Crippen molar-refractivity contribution in [2.45, 2.75) is 5.92 Å². The van der Waals surface area contributed by atoms with Gasteiger partial charge in [-0.05, 0) is 16.8 Å². The Morgan fingerprint density at radius 3 is 2.13 bits per heavy atom. The normalized spacial score (nSPS) is 10.6. The molecule has 0 aliphatic heterocycles. The average molecular weight is 318 g/mol. The first kappa shape index (κ1) is 16.3. The van der Waals surface area contributed by atoms with Crippen LogP contribution in [-0.4, -0.2) is 42.3 Å². The molecule has 0 aliphatic rings. The molecule has 2 N–H and O–H groups in total. The molecule has 7 nitrogen and oxygen atoms in total. The van der Waals surface area contributed by atoms with E-state index >= 15 is 0 Å². The molecule has 0 heterocycles. The minimum absolute atomic E-state index is 0.160. The molecule has 0 amide bonds. The largest absolute Gasteiger partial charge is 0.507 e. The highest BCUT2D eigenvalue weighted by Gasteiger charge is 2.37. The summed E-state index contributed by atoms with van der Waals surface area (Å²) in [5.74, 6) is -5.59. The van der Waals surface area contributed by atoms with E-state index in [9.17, 15) is 24.6 Å². The van der Waals surface area contributed by atoms with Crippen molar-refractivity contribution < 1.29 is 34.1 Å². The van der Waals surface area contributed by atoms with Crippen molar-refractivity contribution in [2.75, 3.05) is 14.2 Å². The summed E-state index contributed by atoms with van der Waals surface area (Å²) in [6, 6.07) is 7.73. The molecule has 23 heavy (non-hydrogen) atoms. The third-order valence-electron chi connectivity index (χ3n) is 3.44. The second-order valence-electron chi connectivity index (χ2n) is 4.69. The number of hydrogen-bond acceptors (Lipinski definition) is 6. The SMILES string of the molecule is COC(=O)C(C(=O)OC)c1c(C(=O)O)c(O)cc2ccccc12. The number of aromatic carboxylic acids is 1. The number of rotatable bonds is 4. The van der Waals surface area contributed by atoms with Gasteiger partial charge >= 0.3 is 17.9 Å². The smallest absolute Gasteiger partial charge is 0.339 e. The maximum Gasteiger partial charge on any atom is 0.339 e. The number of hydrogen-bond donors (Lipinski definition) is 2. The van der Waals surface area contributed by atoms with Crippen LogP contribution in [0.4, 0.5) is 0 Å². The Balaban J connectivity index is 2.93. The topological polar surface area (TPSA) is 110 Å². The predicted octanol–water partition coefficient (Wildman–Crippen LogP) is 1.67. The van der Waals surface area contributed by atoms with E-state index in [1.807, 2.05) is 0 Å². The molecule has 2 rings (SSSR count). The van der Waals surface area contributed by atoms with E-state index in [1.165, 1.54) is 6.07 Å². The van der Waals surface area contributed by atoms with Crippen LogP contribution in [0.3, 0.4) is 0 Å². The van der Waals surface area contributed by atoms with E-state index in [2.05, 4.69) is 9.47 Å². The molecule has 0 atom stereocenters. The molecule has 0 aliphatic carbocycles. The molecule has 0 spiro atoms. The second-order valence-corrected chi connectivity index (χ2v) is 4.69. The van der Waals surface area contributed by atoms with Crippen molar-refractivity contribution in [3.63, 3.8) is 0 Å². The molecule has 0 fully saturated rings. The van der Waals surface area contributed by atoms with E-state index in [-0.39, 0.29) is 5.56 Å². The van der Waals surface area contributed by atoms with Crippen LogP contribution in [0.1, 0.15) is 21.8 Å². The number of aromatic hydroxyl groups is 1. The zero-order valence-electron chi connectivity index (χ0n) is 12.4. The Morgan fingerprint density at radius 1 is 1.04 bits per heavy atom. The number of benzene rings is 2. The van der Waals surface area contributed by atoms with Gasteiger partial charge in [0.05, 0.1) is 14.2 Å². The maximum absolute atomic E-state index is 12.0. The molecule has 0 saturated heterocycles. The lowest BCUT2D eigenvalue weighted by molar-refractivity contribution is -0.154. The van der Waals surface area contributed by atoms with Crippen LogP contribution >= 0.6 is 0 Å². The summed E-state index contributed by atoms with van der Waals surface area (Å²) in [5.41, 5.74) is -0.698. The molecule has 0 radical (unpaired) electrons. The Hall–Kier alpha value is -3.09. The first-order valence-electron chi connectivity index (χ1n) is 6.56. The van der Waals surface area contributed by atoms with Crippen LogP contribution in [0.15, 0.2) is 30.3 Å². The van der Waals surface area contributed by atoms with Crippen LogP contribution in [-0.2, 0) is 19.1 Å². The third kappa shape index (κ3) is 2.80. The number of carbonyl (C=O) groups is 3. The molecular formula is C16H14O7. The number of ether oxygens (including phenoxy) is 2. The lowest BCUT2D eigenvalue weighted by Gasteiger charge is -2.18. The summed E-state index contributed by atoms with van der Waals surface area (Å²) < 4.78 is 9.20. The van der Waals surface area contributed by atoms with Crippen molar-refractivity contribution >= 4 is 28.7 Å². The maximum atomic E-state index is 12.0. The van der Waals surface area contributed by atoms with Crippen molar-refractivity contribution in [2.24, 2.45) is 0 Å². The van der Waals surface area contributed by atoms with E-state index in [0.717, 1.165) is 14.2 Å². The summed E-state index contributed by atoms with van der Waals surface area (Å²) in [6.45, 7) is 0. The van der Waals surface area contributed by atoms with E-state index in [0.29, 0.717) is 10.8 Å². The van der Waals surface area contributed by atoms with Gasteiger partial charge in [0.25, 0.3) is 0 Å². The molecule has 2 aromatic carbocycles. The van der Waals surface area contributed by atoms with Crippen molar-refractivity contribution in [1.82, 2.24) is 0 Å². The average Bonchev–Trinajstić information content (AvgIpc) is 2.53. The van der Waals surface area contributed by atoms with Crippen molar-refractivity contribution in [3.05, 3.63) is 41.5 Å². The predicted molar refractivity (Wildman–Crippen MR) is 79.3 cm³/mol. The zero-order valence-corrected chi connectivity index (χ0v) is 12.4. The van der Waals surface area contributed by atoms with E-state index < -0.39 is 35.1 Å². The summed E-state index contributed by atoms with van der Waals surface area (Å²) in [6.07, 6.45) is 0. The molecule has 0 unspecified atom stereocenters. The molecule has 0 bridgehead atoms. The zero-order chi connectivity index (χ0) is 17.1. The highest BCUT2D eigenvalue weighted by molar-refractivity contribution is 6.10. The van der Waals surface area contributed by atoms with Gasteiger partial charge < -0.3 is 19.7 Å². The Kier molecular flexibility index (Phi) is 4.49.